The maximum atomic E-state index is 13.2. The maximum Gasteiger partial charge on any atom is 0.290 e. The molecule has 0 radical (unpaired) electrons. The number of allylic oxidation sites excluding steroid dienone is 2. The molecule has 0 aromatic heterocycles. The van der Waals surface area contributed by atoms with Gasteiger partial charge in [0, 0.05) is 19.2 Å². The monoisotopic (exact) mass is 497 g/mol. The molecule has 2 rings (SSSR count). The first-order chi connectivity index (χ1) is 16.8. The summed E-state index contributed by atoms with van der Waals surface area (Å²) in [7, 11) is 0. The van der Waals surface area contributed by atoms with Crippen molar-refractivity contribution in [3.05, 3.63) is 82.4 Å². The smallest absolute Gasteiger partial charge is 0.290 e. The fourth-order valence-electron chi connectivity index (χ4n) is 3.01. The van der Waals surface area contributed by atoms with E-state index in [0.717, 1.165) is 18.6 Å². The van der Waals surface area contributed by atoms with Gasteiger partial charge < -0.3 is 14.7 Å². The van der Waals surface area contributed by atoms with Gasteiger partial charge in [-0.25, -0.2) is 0 Å². The van der Waals surface area contributed by atoms with Crippen LogP contribution in [0, 0.1) is 12.3 Å². The molecule has 0 aliphatic rings. The number of para-hydroxylation sites is 1. The molecule has 2 aromatic carbocycles. The molecule has 0 bridgehead atoms. The standard InChI is InChI=1S/C25H30ClNO2.C3H4.CH2O2/c1-5-11-20(19(4)7-3)18-27(16-6-2)25(28)23-15-14-22(17-24(23)26)29-21-12-9-8-10-13-21;1-3-2;2-1-3/h5,8-15,17H,6-7,16,18H2,1-4H3;1H,2H3;1H,(H,2,3)/b11-5-,20-19-;;. The van der Waals surface area contributed by atoms with E-state index < -0.39 is 0 Å². The highest BCUT2D eigenvalue weighted by atomic mass is 35.5. The lowest BCUT2D eigenvalue weighted by Gasteiger charge is -2.24. The van der Waals surface area contributed by atoms with Crippen molar-refractivity contribution in [3.63, 3.8) is 0 Å². The van der Waals surface area contributed by atoms with Crippen LogP contribution in [-0.2, 0) is 4.79 Å². The summed E-state index contributed by atoms with van der Waals surface area (Å²) in [5, 5.41) is 7.29. The lowest BCUT2D eigenvalue weighted by atomic mass is 10.1. The van der Waals surface area contributed by atoms with Crippen LogP contribution in [-0.4, -0.2) is 35.5 Å². The number of rotatable bonds is 9. The van der Waals surface area contributed by atoms with Gasteiger partial charge in [-0.15, -0.1) is 12.3 Å². The Morgan fingerprint density at radius 3 is 2.26 bits per heavy atom. The summed E-state index contributed by atoms with van der Waals surface area (Å²) in [5.74, 6) is 3.52. The Labute approximate surface area is 215 Å². The van der Waals surface area contributed by atoms with E-state index in [2.05, 4.69) is 39.2 Å². The number of hydrogen-bond acceptors (Lipinski definition) is 3. The van der Waals surface area contributed by atoms with E-state index in [4.69, 9.17) is 26.2 Å². The zero-order valence-electron chi connectivity index (χ0n) is 21.3. The molecule has 35 heavy (non-hydrogen) atoms. The quantitative estimate of drug-likeness (QED) is 0.220. The topological polar surface area (TPSA) is 66.8 Å². The van der Waals surface area contributed by atoms with Crippen LogP contribution in [0.4, 0.5) is 0 Å². The van der Waals surface area contributed by atoms with Crippen LogP contribution >= 0.6 is 11.6 Å². The molecule has 6 heteroatoms. The van der Waals surface area contributed by atoms with Crippen LogP contribution in [0.25, 0.3) is 0 Å². The van der Waals surface area contributed by atoms with Gasteiger partial charge in [-0.2, -0.15) is 0 Å². The zero-order chi connectivity index (χ0) is 26.6. The molecule has 0 atom stereocenters. The van der Waals surface area contributed by atoms with Crippen LogP contribution in [0.2, 0.25) is 5.02 Å². The van der Waals surface area contributed by atoms with Crippen LogP contribution in [0.1, 0.15) is 57.8 Å². The fourth-order valence-corrected chi connectivity index (χ4v) is 3.27. The predicted octanol–water partition coefficient (Wildman–Crippen LogP) is 7.63. The van der Waals surface area contributed by atoms with Gasteiger partial charge in [0.25, 0.3) is 12.4 Å². The average Bonchev–Trinajstić information content (AvgIpc) is 2.84. The van der Waals surface area contributed by atoms with Crippen LogP contribution < -0.4 is 4.74 Å². The Hall–Kier alpha value is -3.49. The van der Waals surface area contributed by atoms with Crippen LogP contribution in [0.3, 0.4) is 0 Å². The van der Waals surface area contributed by atoms with Gasteiger partial charge in [-0.1, -0.05) is 61.4 Å². The summed E-state index contributed by atoms with van der Waals surface area (Å²) in [5.41, 5.74) is 2.96. The third-order valence-corrected chi connectivity index (χ3v) is 5.05. The normalized spacial score (nSPS) is 10.5. The van der Waals surface area contributed by atoms with Crippen molar-refractivity contribution >= 4 is 24.0 Å². The molecule has 0 saturated carbocycles. The summed E-state index contributed by atoms with van der Waals surface area (Å²) in [6.07, 6.45) is 10.5. The van der Waals surface area contributed by atoms with Gasteiger partial charge >= 0.3 is 0 Å². The molecule has 0 fully saturated rings. The molecule has 0 aliphatic carbocycles. The number of nitrogens with zero attached hydrogens (tertiary/aromatic N) is 1. The third-order valence-electron chi connectivity index (χ3n) is 4.74. The van der Waals surface area contributed by atoms with Crippen molar-refractivity contribution in [1.29, 1.82) is 0 Å². The highest BCUT2D eigenvalue weighted by Gasteiger charge is 2.19. The molecular formula is C29H36ClNO4. The van der Waals surface area contributed by atoms with Crippen molar-refractivity contribution in [1.82, 2.24) is 4.90 Å². The summed E-state index contributed by atoms with van der Waals surface area (Å²) in [4.78, 5) is 23.5. The van der Waals surface area contributed by atoms with E-state index >= 15 is 0 Å². The Balaban J connectivity index is 0.00000174. The van der Waals surface area contributed by atoms with E-state index in [1.54, 1.807) is 25.1 Å². The summed E-state index contributed by atoms with van der Waals surface area (Å²) in [6, 6.07) is 14.7. The van der Waals surface area contributed by atoms with E-state index in [1.165, 1.54) is 11.1 Å². The first-order valence-electron chi connectivity index (χ1n) is 11.4. The Morgan fingerprint density at radius 2 is 1.77 bits per heavy atom. The molecular weight excluding hydrogens is 462 g/mol. The lowest BCUT2D eigenvalue weighted by Crippen LogP contribution is -2.33. The lowest BCUT2D eigenvalue weighted by molar-refractivity contribution is -0.122. The maximum absolute atomic E-state index is 13.2. The third kappa shape index (κ3) is 12.0. The molecule has 188 valence electrons. The molecule has 0 spiro atoms. The number of carbonyl (C=O) groups is 2. The number of ether oxygens (including phenoxy) is 1. The molecule has 2 aromatic rings. The first kappa shape index (κ1) is 31.5. The Bertz CT molecular complexity index is 1010. The average molecular weight is 498 g/mol. The van der Waals surface area contributed by atoms with Crippen LogP contribution in [0.15, 0.2) is 71.8 Å². The molecule has 0 heterocycles. The number of benzene rings is 2. The van der Waals surface area contributed by atoms with E-state index in [0.29, 0.717) is 29.4 Å². The van der Waals surface area contributed by atoms with Gasteiger partial charge in [0.15, 0.2) is 0 Å². The zero-order valence-corrected chi connectivity index (χ0v) is 22.0. The van der Waals surface area contributed by atoms with Crippen LogP contribution in [0.5, 0.6) is 11.5 Å². The minimum Gasteiger partial charge on any atom is -0.483 e. The van der Waals surface area contributed by atoms with Gasteiger partial charge in [-0.3, -0.25) is 9.59 Å². The minimum atomic E-state index is -0.250. The predicted molar refractivity (Wildman–Crippen MR) is 145 cm³/mol. The SMILES string of the molecule is C#CC.C/C=C\C(CN(CCC)C(=O)c1ccc(Oc2ccccc2)cc1Cl)=C(/C)CC.O=CO. The minimum absolute atomic E-state index is 0.0611. The Kier molecular flexibility index (Phi) is 17.0. The van der Waals surface area contributed by atoms with Crippen molar-refractivity contribution in [2.75, 3.05) is 13.1 Å². The fraction of sp³-hybridized carbons (Fsp3) is 0.310. The number of carbonyl (C=O) groups excluding carboxylic acids is 1. The second-order valence-electron chi connectivity index (χ2n) is 7.34. The van der Waals surface area contributed by atoms with Gasteiger partial charge in [0.1, 0.15) is 11.5 Å². The molecule has 0 unspecified atom stereocenters. The molecule has 1 N–H and O–H groups in total. The molecule has 1 amide bonds. The molecule has 0 saturated heterocycles. The highest BCUT2D eigenvalue weighted by Crippen LogP contribution is 2.28. The van der Waals surface area contributed by atoms with Gasteiger partial charge in [-0.05, 0) is 63.5 Å². The van der Waals surface area contributed by atoms with E-state index in [9.17, 15) is 4.79 Å². The number of carboxylic acid groups (broad SMARTS) is 1. The second-order valence-corrected chi connectivity index (χ2v) is 7.74. The number of amides is 1. The van der Waals surface area contributed by atoms with Crippen molar-refractivity contribution in [2.45, 2.75) is 47.5 Å². The summed E-state index contributed by atoms with van der Waals surface area (Å²) in [6.45, 7) is 11.0. The molecule has 0 aliphatic heterocycles. The van der Waals surface area contributed by atoms with E-state index in [-0.39, 0.29) is 12.4 Å². The van der Waals surface area contributed by atoms with Crippen molar-refractivity contribution in [3.8, 4) is 23.8 Å². The molecule has 5 nitrogen and oxygen atoms in total. The van der Waals surface area contributed by atoms with Gasteiger partial charge in [0.2, 0.25) is 0 Å². The summed E-state index contributed by atoms with van der Waals surface area (Å²) < 4.78 is 5.82. The Morgan fingerprint density at radius 1 is 1.17 bits per heavy atom. The number of halogens is 1. The largest absolute Gasteiger partial charge is 0.483 e. The van der Waals surface area contributed by atoms with E-state index in [1.807, 2.05) is 48.2 Å². The number of hydrogen-bond donors (Lipinski definition) is 1. The van der Waals surface area contributed by atoms with Crippen molar-refractivity contribution in [2.24, 2.45) is 0 Å². The van der Waals surface area contributed by atoms with Crippen molar-refractivity contribution < 1.29 is 19.4 Å². The van der Waals surface area contributed by atoms with Gasteiger partial charge in [0.05, 0.1) is 10.6 Å². The first-order valence-corrected chi connectivity index (χ1v) is 11.8. The second kappa shape index (κ2) is 18.9. The highest BCUT2D eigenvalue weighted by molar-refractivity contribution is 6.34. The summed E-state index contributed by atoms with van der Waals surface area (Å²) >= 11 is 6.47. The number of terminal acetylenes is 1.